The molecule has 8 heteroatoms. The lowest BCUT2D eigenvalue weighted by Crippen LogP contribution is -2.30. The molecule has 2 unspecified atom stereocenters. The molecule has 0 aromatic carbocycles. The quantitative estimate of drug-likeness (QED) is 0.0797. The van der Waals surface area contributed by atoms with Crippen LogP contribution in [0.3, 0.4) is 0 Å². The Hall–Kier alpha value is -1.74. The average molecular weight is 599 g/mol. The first-order valence-electron chi connectivity index (χ1n) is 16.5. The van der Waals surface area contributed by atoms with Crippen LogP contribution in [0.4, 0.5) is 0 Å². The summed E-state index contributed by atoms with van der Waals surface area (Å²) in [6, 6.07) is 0. The summed E-state index contributed by atoms with van der Waals surface area (Å²) in [5.41, 5.74) is 1.33. The van der Waals surface area contributed by atoms with Crippen molar-refractivity contribution in [2.45, 2.75) is 142 Å². The Kier molecular flexibility index (Phi) is 28.1. The molecular weight excluding hydrogens is 536 g/mol. The SMILES string of the molecule is CCCCCCCCO.CCCCCCCCO.COC(=O)/C=C(/C(=C/C(=O)OC)C1CCCCO1)C1CCCCO1. The largest absolute Gasteiger partial charge is 0.466 e. The van der Waals surface area contributed by atoms with Gasteiger partial charge >= 0.3 is 11.9 Å². The van der Waals surface area contributed by atoms with Crippen LogP contribution in [-0.2, 0) is 28.5 Å². The molecule has 0 aliphatic carbocycles. The Labute approximate surface area is 256 Å². The van der Waals surface area contributed by atoms with Crippen LogP contribution < -0.4 is 0 Å². The van der Waals surface area contributed by atoms with Gasteiger partial charge < -0.3 is 29.2 Å². The van der Waals surface area contributed by atoms with E-state index in [1.165, 1.54) is 90.6 Å². The van der Waals surface area contributed by atoms with E-state index in [4.69, 9.17) is 29.2 Å². The number of carbonyl (C=O) groups excluding carboxylic acids is 2. The van der Waals surface area contributed by atoms with Gasteiger partial charge in [0.05, 0.1) is 26.4 Å². The number of esters is 2. The molecule has 0 radical (unpaired) electrons. The van der Waals surface area contributed by atoms with Crippen molar-refractivity contribution in [3.05, 3.63) is 23.3 Å². The van der Waals surface area contributed by atoms with Crippen LogP contribution in [0.1, 0.15) is 129 Å². The second-order valence-corrected chi connectivity index (χ2v) is 10.9. The third kappa shape index (κ3) is 21.0. The highest BCUT2D eigenvalue weighted by molar-refractivity contribution is 5.87. The summed E-state index contributed by atoms with van der Waals surface area (Å²) in [4.78, 5) is 23.7. The summed E-state index contributed by atoms with van der Waals surface area (Å²) >= 11 is 0. The van der Waals surface area contributed by atoms with Crippen molar-refractivity contribution in [2.75, 3.05) is 40.6 Å². The highest BCUT2D eigenvalue weighted by atomic mass is 16.5. The fraction of sp³-hybridized carbons (Fsp3) is 0.824. The molecule has 2 aliphatic rings. The molecule has 42 heavy (non-hydrogen) atoms. The summed E-state index contributed by atoms with van der Waals surface area (Å²) in [6.45, 7) is 6.44. The minimum atomic E-state index is -0.467. The van der Waals surface area contributed by atoms with Gasteiger partial charge in [-0.3, -0.25) is 0 Å². The van der Waals surface area contributed by atoms with Gasteiger partial charge in [-0.25, -0.2) is 9.59 Å². The summed E-state index contributed by atoms with van der Waals surface area (Å²) in [6.07, 6.45) is 23.0. The lowest BCUT2D eigenvalue weighted by atomic mass is 9.88. The third-order valence-electron chi connectivity index (χ3n) is 7.36. The predicted molar refractivity (Wildman–Crippen MR) is 168 cm³/mol. The summed E-state index contributed by atoms with van der Waals surface area (Å²) in [5, 5.41) is 16.8. The molecule has 2 atom stereocenters. The van der Waals surface area contributed by atoms with Crippen molar-refractivity contribution >= 4 is 11.9 Å². The molecule has 0 aromatic heterocycles. The standard InChI is InChI=1S/C18H26O6.2C8H18O/c1-21-17(19)11-13(15-7-3-5-9-23-15)14(12-18(20)22-2)16-8-4-6-10-24-16;2*1-2-3-4-5-6-7-8-9/h11-12,15-16H,3-10H2,1-2H3;2*9H,2-8H2,1H3/b13-11-,14-12-;;. The molecule has 2 N–H and O–H groups in total. The molecule has 8 nitrogen and oxygen atoms in total. The van der Waals surface area contributed by atoms with Crippen LogP contribution in [0.25, 0.3) is 0 Å². The van der Waals surface area contributed by atoms with E-state index in [1.807, 2.05) is 0 Å². The van der Waals surface area contributed by atoms with Gasteiger partial charge in [-0.05, 0) is 62.5 Å². The van der Waals surface area contributed by atoms with Gasteiger partial charge in [-0.2, -0.15) is 0 Å². The van der Waals surface area contributed by atoms with Gasteiger partial charge in [0, 0.05) is 38.6 Å². The van der Waals surface area contributed by atoms with Gasteiger partial charge in [0.1, 0.15) is 0 Å². The number of aliphatic hydroxyl groups excluding tert-OH is 2. The van der Waals surface area contributed by atoms with E-state index in [-0.39, 0.29) is 12.2 Å². The molecule has 0 bridgehead atoms. The molecule has 0 saturated carbocycles. The molecule has 2 fully saturated rings. The number of rotatable bonds is 17. The number of hydrogen-bond donors (Lipinski definition) is 2. The van der Waals surface area contributed by atoms with Gasteiger partial charge in [0.2, 0.25) is 0 Å². The smallest absolute Gasteiger partial charge is 0.330 e. The maximum Gasteiger partial charge on any atom is 0.330 e. The number of ether oxygens (including phenoxy) is 4. The van der Waals surface area contributed by atoms with E-state index in [9.17, 15) is 9.59 Å². The number of methoxy groups -OCH3 is 2. The van der Waals surface area contributed by atoms with Crippen molar-refractivity contribution < 1.29 is 38.7 Å². The van der Waals surface area contributed by atoms with Crippen molar-refractivity contribution in [3.63, 3.8) is 0 Å². The molecule has 246 valence electrons. The zero-order valence-corrected chi connectivity index (χ0v) is 27.2. The van der Waals surface area contributed by atoms with E-state index in [1.54, 1.807) is 0 Å². The van der Waals surface area contributed by atoms with Crippen LogP contribution in [0, 0.1) is 0 Å². The topological polar surface area (TPSA) is 112 Å². The molecule has 0 spiro atoms. The van der Waals surface area contributed by atoms with Crippen molar-refractivity contribution in [3.8, 4) is 0 Å². The van der Waals surface area contributed by atoms with E-state index in [0.717, 1.165) is 51.4 Å². The highest BCUT2D eigenvalue weighted by Gasteiger charge is 2.29. The molecule has 2 heterocycles. The predicted octanol–water partition coefficient (Wildman–Crippen LogP) is 7.00. The first kappa shape index (κ1) is 40.3. The molecule has 2 aliphatic heterocycles. The maximum atomic E-state index is 11.9. The van der Waals surface area contributed by atoms with Gasteiger partial charge in [-0.1, -0.05) is 78.1 Å². The summed E-state index contributed by atoms with van der Waals surface area (Å²) in [5.74, 6) is -0.934. The van der Waals surface area contributed by atoms with Crippen LogP contribution >= 0.6 is 0 Å². The second kappa shape index (κ2) is 29.3. The highest BCUT2D eigenvalue weighted by Crippen LogP contribution is 2.31. The lowest BCUT2D eigenvalue weighted by molar-refractivity contribution is -0.136. The second-order valence-electron chi connectivity index (χ2n) is 10.9. The Bertz CT molecular complexity index is 634. The Morgan fingerprint density at radius 3 is 1.26 bits per heavy atom. The first-order valence-corrected chi connectivity index (χ1v) is 16.5. The molecule has 0 aromatic rings. The minimum absolute atomic E-state index is 0.237. The Morgan fingerprint density at radius 1 is 0.619 bits per heavy atom. The minimum Gasteiger partial charge on any atom is -0.466 e. The average Bonchev–Trinajstić information content (AvgIpc) is 3.04. The van der Waals surface area contributed by atoms with Gasteiger partial charge in [0.25, 0.3) is 0 Å². The number of carbonyl (C=O) groups is 2. The van der Waals surface area contributed by atoms with Crippen LogP contribution in [0.15, 0.2) is 23.3 Å². The van der Waals surface area contributed by atoms with E-state index < -0.39 is 11.9 Å². The molecule has 2 rings (SSSR count). The number of aliphatic hydroxyl groups is 2. The first-order chi connectivity index (χ1) is 20.5. The zero-order chi connectivity index (χ0) is 31.3. The van der Waals surface area contributed by atoms with Crippen molar-refractivity contribution in [1.29, 1.82) is 0 Å². The Morgan fingerprint density at radius 2 is 0.976 bits per heavy atom. The molecule has 0 amide bonds. The molecule has 2 saturated heterocycles. The summed E-state index contributed by atoms with van der Waals surface area (Å²) < 4.78 is 21.3. The van der Waals surface area contributed by atoms with Gasteiger partial charge in [-0.15, -0.1) is 0 Å². The summed E-state index contributed by atoms with van der Waals surface area (Å²) in [7, 11) is 2.66. The monoisotopic (exact) mass is 598 g/mol. The van der Waals surface area contributed by atoms with Crippen molar-refractivity contribution in [1.82, 2.24) is 0 Å². The fourth-order valence-corrected chi connectivity index (χ4v) is 4.85. The van der Waals surface area contributed by atoms with Crippen LogP contribution in [-0.4, -0.2) is 75.0 Å². The maximum absolute atomic E-state index is 11.9. The zero-order valence-electron chi connectivity index (χ0n) is 27.2. The van der Waals surface area contributed by atoms with Crippen LogP contribution in [0.5, 0.6) is 0 Å². The molecular formula is C34H62O8. The third-order valence-corrected chi connectivity index (χ3v) is 7.36. The normalized spacial score (nSPS) is 19.1. The van der Waals surface area contributed by atoms with Crippen LogP contribution in [0.2, 0.25) is 0 Å². The van der Waals surface area contributed by atoms with E-state index in [2.05, 4.69) is 13.8 Å². The lowest BCUT2D eigenvalue weighted by Gasteiger charge is -2.31. The van der Waals surface area contributed by atoms with E-state index >= 15 is 0 Å². The fourth-order valence-electron chi connectivity index (χ4n) is 4.85. The van der Waals surface area contributed by atoms with Gasteiger partial charge in [0.15, 0.2) is 0 Å². The number of hydrogen-bond acceptors (Lipinski definition) is 8. The Balaban J connectivity index is 0.000000768. The van der Waals surface area contributed by atoms with Crippen molar-refractivity contribution in [2.24, 2.45) is 0 Å². The van der Waals surface area contributed by atoms with E-state index in [0.29, 0.717) is 37.6 Å². The number of unbranched alkanes of at least 4 members (excludes halogenated alkanes) is 10.